The summed E-state index contributed by atoms with van der Waals surface area (Å²) in [4.78, 5) is 10.9. The number of amides is 2. The number of nitrogens with zero attached hydrogens (tertiary/aromatic N) is 1. The third-order valence-corrected chi connectivity index (χ3v) is 2.37. The van der Waals surface area contributed by atoms with Gasteiger partial charge in [-0.1, -0.05) is 29.9 Å². The number of aryl methyl sites for hydroxylation is 1. The minimum absolute atomic E-state index is 0.433. The van der Waals surface area contributed by atoms with Crippen LogP contribution in [0.1, 0.15) is 12.5 Å². The second kappa shape index (κ2) is 5.95. The normalized spacial score (nSPS) is 10.8. The topological polar surface area (TPSA) is 79.5 Å². The van der Waals surface area contributed by atoms with E-state index in [1.54, 1.807) is 6.92 Å². The van der Waals surface area contributed by atoms with E-state index in [1.165, 1.54) is 5.56 Å². The number of carbonyl (C=O) groups is 1. The fourth-order valence-electron chi connectivity index (χ4n) is 1.05. The Bertz CT molecular complexity index is 453. The van der Waals surface area contributed by atoms with Gasteiger partial charge in [0.1, 0.15) is 4.99 Å². The summed E-state index contributed by atoms with van der Waals surface area (Å²) in [6.45, 7) is 3.69. The van der Waals surface area contributed by atoms with Crippen molar-refractivity contribution in [3.8, 4) is 0 Å². The average Bonchev–Trinajstić information content (AvgIpc) is 2.28. The Labute approximate surface area is 105 Å². The quantitative estimate of drug-likeness (QED) is 0.434. The molecule has 1 aromatic carbocycles. The molecule has 1 rings (SSSR count). The lowest BCUT2D eigenvalue weighted by Gasteiger charge is -2.07. The molecule has 0 heterocycles. The monoisotopic (exact) mass is 250 g/mol. The predicted octanol–water partition coefficient (Wildman–Crippen LogP) is 1.78. The fraction of sp³-hybridized carbons (Fsp3) is 0.182. The highest BCUT2D eigenvalue weighted by atomic mass is 32.1. The van der Waals surface area contributed by atoms with Crippen LogP contribution in [0.25, 0.3) is 0 Å². The first-order valence-electron chi connectivity index (χ1n) is 4.97. The first-order valence-corrected chi connectivity index (χ1v) is 5.37. The van der Waals surface area contributed by atoms with Crippen LogP contribution in [0.4, 0.5) is 10.5 Å². The van der Waals surface area contributed by atoms with Crippen molar-refractivity contribution in [1.29, 1.82) is 0 Å². The number of nitrogens with two attached hydrogens (primary N) is 1. The largest absolute Gasteiger partial charge is 0.350 e. The molecule has 17 heavy (non-hydrogen) atoms. The summed E-state index contributed by atoms with van der Waals surface area (Å²) in [5, 5.41) is 6.73. The van der Waals surface area contributed by atoms with Crippen molar-refractivity contribution in [3.63, 3.8) is 0 Å². The van der Waals surface area contributed by atoms with Crippen molar-refractivity contribution < 1.29 is 4.79 Å². The molecule has 6 heteroatoms. The molecule has 0 aliphatic rings. The Kier molecular flexibility index (Phi) is 4.59. The zero-order chi connectivity index (χ0) is 12.8. The Morgan fingerprint density at radius 3 is 2.47 bits per heavy atom. The Morgan fingerprint density at radius 2 is 1.94 bits per heavy atom. The SMILES string of the molecule is CC(=NNC(N)=O)C(=S)Nc1ccc(C)cc1. The maximum absolute atomic E-state index is 10.5. The van der Waals surface area contributed by atoms with Crippen molar-refractivity contribution in [2.75, 3.05) is 5.32 Å². The molecular weight excluding hydrogens is 236 g/mol. The number of nitrogens with one attached hydrogen (secondary N) is 2. The lowest BCUT2D eigenvalue weighted by Crippen LogP contribution is -2.28. The smallest absolute Gasteiger partial charge is 0.332 e. The minimum Gasteiger partial charge on any atom is -0.350 e. The van der Waals surface area contributed by atoms with Gasteiger partial charge < -0.3 is 11.1 Å². The fourth-order valence-corrected chi connectivity index (χ4v) is 1.21. The highest BCUT2D eigenvalue weighted by Gasteiger charge is 2.02. The Balaban J connectivity index is 2.63. The van der Waals surface area contributed by atoms with E-state index in [9.17, 15) is 4.79 Å². The van der Waals surface area contributed by atoms with Gasteiger partial charge in [-0.25, -0.2) is 10.2 Å². The summed E-state index contributed by atoms with van der Waals surface area (Å²) in [5.41, 5.74) is 9.53. The lowest BCUT2D eigenvalue weighted by molar-refractivity contribution is 0.249. The molecule has 0 radical (unpaired) electrons. The third kappa shape index (κ3) is 4.60. The molecular formula is C11H14N4OS. The molecule has 0 atom stereocenters. The predicted molar refractivity (Wildman–Crippen MR) is 73.2 cm³/mol. The number of rotatable bonds is 3. The van der Waals surface area contributed by atoms with E-state index in [0.717, 1.165) is 5.69 Å². The zero-order valence-corrected chi connectivity index (χ0v) is 10.5. The average molecular weight is 250 g/mol. The summed E-state index contributed by atoms with van der Waals surface area (Å²) >= 11 is 5.11. The molecule has 0 aromatic heterocycles. The van der Waals surface area contributed by atoms with Crippen LogP contribution in [0, 0.1) is 6.92 Å². The van der Waals surface area contributed by atoms with Crippen LogP contribution < -0.4 is 16.5 Å². The molecule has 0 spiro atoms. The van der Waals surface area contributed by atoms with Gasteiger partial charge in [-0.3, -0.25) is 0 Å². The highest BCUT2D eigenvalue weighted by molar-refractivity contribution is 7.82. The first kappa shape index (κ1) is 13.1. The maximum Gasteiger partial charge on any atom is 0.332 e. The number of hydrazone groups is 1. The van der Waals surface area contributed by atoms with Gasteiger partial charge in [0.05, 0.1) is 5.71 Å². The van der Waals surface area contributed by atoms with Crippen LogP contribution >= 0.6 is 12.2 Å². The number of urea groups is 1. The molecule has 0 unspecified atom stereocenters. The molecule has 4 N–H and O–H groups in total. The van der Waals surface area contributed by atoms with Gasteiger partial charge in [-0.05, 0) is 26.0 Å². The molecule has 2 amide bonds. The standard InChI is InChI=1S/C11H14N4OS/c1-7-3-5-9(6-4-7)13-10(17)8(2)14-15-11(12)16/h3-6H,1-2H3,(H,13,17)(H3,12,15,16). The summed E-state index contributed by atoms with van der Waals surface area (Å²) in [6, 6.07) is 7.05. The van der Waals surface area contributed by atoms with E-state index in [4.69, 9.17) is 18.0 Å². The van der Waals surface area contributed by atoms with Gasteiger partial charge in [0.25, 0.3) is 0 Å². The molecule has 1 aromatic rings. The number of anilines is 1. The van der Waals surface area contributed by atoms with Crippen LogP contribution in [0.3, 0.4) is 0 Å². The van der Waals surface area contributed by atoms with E-state index in [-0.39, 0.29) is 0 Å². The van der Waals surface area contributed by atoms with E-state index >= 15 is 0 Å². The van der Waals surface area contributed by atoms with Crippen molar-refractivity contribution in [2.45, 2.75) is 13.8 Å². The maximum atomic E-state index is 10.5. The van der Waals surface area contributed by atoms with Gasteiger partial charge in [-0.2, -0.15) is 5.10 Å². The second-order valence-electron chi connectivity index (χ2n) is 3.49. The zero-order valence-electron chi connectivity index (χ0n) is 9.65. The van der Waals surface area contributed by atoms with Crippen LogP contribution in [0.5, 0.6) is 0 Å². The Hall–Kier alpha value is -1.95. The summed E-state index contributed by atoms with van der Waals surface area (Å²) in [7, 11) is 0. The summed E-state index contributed by atoms with van der Waals surface area (Å²) < 4.78 is 0. The number of carbonyl (C=O) groups excluding carboxylic acids is 1. The van der Waals surface area contributed by atoms with Crippen molar-refractivity contribution in [3.05, 3.63) is 29.8 Å². The first-order chi connectivity index (χ1) is 7.99. The molecule has 0 aliphatic heterocycles. The van der Waals surface area contributed by atoms with Crippen LogP contribution in [-0.4, -0.2) is 16.7 Å². The van der Waals surface area contributed by atoms with Crippen LogP contribution in [0.15, 0.2) is 29.4 Å². The van der Waals surface area contributed by atoms with Crippen LogP contribution in [-0.2, 0) is 0 Å². The third-order valence-electron chi connectivity index (χ3n) is 1.97. The molecule has 0 fully saturated rings. The van der Waals surface area contributed by atoms with Crippen LogP contribution in [0.2, 0.25) is 0 Å². The second-order valence-corrected chi connectivity index (χ2v) is 3.90. The minimum atomic E-state index is -0.720. The number of primary amides is 1. The number of hydrogen-bond acceptors (Lipinski definition) is 3. The number of hydrogen-bond donors (Lipinski definition) is 3. The molecule has 0 saturated carbocycles. The summed E-state index contributed by atoms with van der Waals surface area (Å²) in [5.74, 6) is 0. The highest BCUT2D eigenvalue weighted by Crippen LogP contribution is 2.08. The number of thiocarbonyl (C=S) groups is 1. The van der Waals surface area contributed by atoms with Crippen molar-refractivity contribution in [1.82, 2.24) is 5.43 Å². The van der Waals surface area contributed by atoms with E-state index in [0.29, 0.717) is 10.7 Å². The van der Waals surface area contributed by atoms with Gasteiger partial charge in [0.2, 0.25) is 0 Å². The van der Waals surface area contributed by atoms with Crippen molar-refractivity contribution >= 4 is 34.6 Å². The summed E-state index contributed by atoms with van der Waals surface area (Å²) in [6.07, 6.45) is 0. The van der Waals surface area contributed by atoms with Gasteiger partial charge >= 0.3 is 6.03 Å². The van der Waals surface area contributed by atoms with Gasteiger partial charge in [-0.15, -0.1) is 0 Å². The number of benzene rings is 1. The lowest BCUT2D eigenvalue weighted by atomic mass is 10.2. The van der Waals surface area contributed by atoms with Gasteiger partial charge in [0.15, 0.2) is 0 Å². The molecule has 0 aliphatic carbocycles. The van der Waals surface area contributed by atoms with Crippen molar-refractivity contribution in [2.24, 2.45) is 10.8 Å². The Morgan fingerprint density at radius 1 is 1.35 bits per heavy atom. The molecule has 5 nitrogen and oxygen atoms in total. The molecule has 0 saturated heterocycles. The van der Waals surface area contributed by atoms with E-state index in [2.05, 4.69) is 15.8 Å². The van der Waals surface area contributed by atoms with E-state index < -0.39 is 6.03 Å². The van der Waals surface area contributed by atoms with Gasteiger partial charge in [0, 0.05) is 5.69 Å². The molecule has 90 valence electrons. The van der Waals surface area contributed by atoms with E-state index in [1.807, 2.05) is 31.2 Å². The molecule has 0 bridgehead atoms.